The van der Waals surface area contributed by atoms with Crippen LogP contribution in [-0.4, -0.2) is 47.8 Å². The topological polar surface area (TPSA) is 127 Å². The SMILES string of the molecule is CSc1nnn(Cc2nonc2/C(=N\O)Nc2ccc(F)c(Cl)c2)n1. The molecule has 2 aromatic heterocycles. The molecule has 0 amide bonds. The number of nitrogens with one attached hydrogen (secondary N) is 1. The lowest BCUT2D eigenvalue weighted by atomic mass is 10.2. The molecule has 0 saturated carbocycles. The highest BCUT2D eigenvalue weighted by atomic mass is 35.5. The van der Waals surface area contributed by atoms with E-state index < -0.39 is 5.82 Å². The van der Waals surface area contributed by atoms with Gasteiger partial charge in [0.05, 0.1) is 5.02 Å². The number of thioether (sulfide) groups is 1. The number of anilines is 1. The van der Waals surface area contributed by atoms with Gasteiger partial charge in [-0.3, -0.25) is 0 Å². The number of halogens is 2. The van der Waals surface area contributed by atoms with Gasteiger partial charge in [0.15, 0.2) is 5.69 Å². The van der Waals surface area contributed by atoms with Crippen LogP contribution in [0.15, 0.2) is 33.1 Å². The summed E-state index contributed by atoms with van der Waals surface area (Å²) in [5.74, 6) is -0.635. The Morgan fingerprint density at radius 3 is 3.00 bits per heavy atom. The Bertz CT molecular complexity index is 914. The van der Waals surface area contributed by atoms with Crippen molar-refractivity contribution in [3.63, 3.8) is 0 Å². The van der Waals surface area contributed by atoms with Gasteiger partial charge >= 0.3 is 0 Å². The number of tetrazole rings is 1. The molecule has 3 aromatic rings. The van der Waals surface area contributed by atoms with E-state index in [2.05, 4.69) is 36.2 Å². The molecule has 3 rings (SSSR count). The largest absolute Gasteiger partial charge is 0.409 e. The van der Waals surface area contributed by atoms with Crippen LogP contribution >= 0.6 is 23.4 Å². The van der Waals surface area contributed by atoms with Crippen LogP contribution < -0.4 is 5.32 Å². The molecule has 2 N–H and O–H groups in total. The van der Waals surface area contributed by atoms with Crippen molar-refractivity contribution in [3.05, 3.63) is 40.4 Å². The Labute approximate surface area is 149 Å². The summed E-state index contributed by atoms with van der Waals surface area (Å²) in [6.45, 7) is 0.0945. The van der Waals surface area contributed by atoms with Gasteiger partial charge in [-0.1, -0.05) is 33.7 Å². The Morgan fingerprint density at radius 2 is 2.32 bits per heavy atom. The maximum Gasteiger partial charge on any atom is 0.230 e. The summed E-state index contributed by atoms with van der Waals surface area (Å²) < 4.78 is 17.9. The average molecular weight is 385 g/mol. The Balaban J connectivity index is 1.82. The Kier molecular flexibility index (Phi) is 5.09. The van der Waals surface area contributed by atoms with E-state index in [0.29, 0.717) is 16.5 Å². The van der Waals surface area contributed by atoms with E-state index >= 15 is 0 Å². The molecule has 10 nitrogen and oxygen atoms in total. The van der Waals surface area contributed by atoms with Crippen molar-refractivity contribution in [2.75, 3.05) is 11.6 Å². The maximum absolute atomic E-state index is 13.2. The molecule has 0 unspecified atom stereocenters. The Morgan fingerprint density at radius 1 is 1.48 bits per heavy atom. The molecule has 0 fully saturated rings. The fourth-order valence-corrected chi connectivity index (χ4v) is 2.32. The first kappa shape index (κ1) is 17.1. The molecule has 0 atom stereocenters. The first-order chi connectivity index (χ1) is 12.1. The molecular formula is C12H10ClFN8O2S. The molecule has 13 heteroatoms. The minimum absolute atomic E-state index is 0.0656. The van der Waals surface area contributed by atoms with Crippen LogP contribution in [0.2, 0.25) is 5.02 Å². The maximum atomic E-state index is 13.2. The fraction of sp³-hybridized carbons (Fsp3) is 0.167. The predicted octanol–water partition coefficient (Wildman–Crippen LogP) is 1.87. The highest BCUT2D eigenvalue weighted by Gasteiger charge is 2.19. The number of hydrogen-bond acceptors (Lipinski definition) is 9. The number of hydrogen-bond donors (Lipinski definition) is 2. The van der Waals surface area contributed by atoms with E-state index in [1.807, 2.05) is 6.26 Å². The van der Waals surface area contributed by atoms with Gasteiger partial charge in [-0.15, -0.1) is 10.2 Å². The van der Waals surface area contributed by atoms with Gasteiger partial charge in [0.25, 0.3) is 0 Å². The molecule has 2 heterocycles. The molecule has 1 aromatic carbocycles. The number of aromatic nitrogens is 6. The minimum atomic E-state index is -0.569. The zero-order valence-electron chi connectivity index (χ0n) is 12.6. The van der Waals surface area contributed by atoms with E-state index in [1.165, 1.54) is 34.8 Å². The zero-order valence-corrected chi connectivity index (χ0v) is 14.2. The normalized spacial score (nSPS) is 11.7. The third-order valence-electron chi connectivity index (χ3n) is 2.97. The number of nitrogens with zero attached hydrogens (tertiary/aromatic N) is 7. The van der Waals surface area contributed by atoms with Crippen molar-refractivity contribution < 1.29 is 14.2 Å². The molecule has 0 aliphatic heterocycles. The quantitative estimate of drug-likeness (QED) is 0.223. The molecule has 0 aliphatic rings. The van der Waals surface area contributed by atoms with E-state index in [1.54, 1.807) is 0 Å². The summed E-state index contributed by atoms with van der Waals surface area (Å²) in [5.41, 5.74) is 0.821. The fourth-order valence-electron chi connectivity index (χ4n) is 1.84. The van der Waals surface area contributed by atoms with Gasteiger partial charge in [0, 0.05) is 5.69 Å². The second-order valence-electron chi connectivity index (χ2n) is 4.57. The summed E-state index contributed by atoms with van der Waals surface area (Å²) in [4.78, 5) is 1.29. The van der Waals surface area contributed by atoms with Gasteiger partial charge < -0.3 is 10.5 Å². The Hall–Kier alpha value is -2.73. The lowest BCUT2D eigenvalue weighted by Crippen LogP contribution is -2.18. The second-order valence-corrected chi connectivity index (χ2v) is 5.75. The van der Waals surface area contributed by atoms with Crippen LogP contribution in [0, 0.1) is 5.82 Å². The highest BCUT2D eigenvalue weighted by Crippen LogP contribution is 2.20. The summed E-state index contributed by atoms with van der Waals surface area (Å²) in [5, 5.41) is 34.8. The van der Waals surface area contributed by atoms with Crippen molar-refractivity contribution in [1.82, 2.24) is 30.5 Å². The monoisotopic (exact) mass is 384 g/mol. The molecule has 25 heavy (non-hydrogen) atoms. The van der Waals surface area contributed by atoms with Crippen LogP contribution in [0.3, 0.4) is 0 Å². The standard InChI is InChI=1S/C12H10ClFN8O2S/c1-25-12-16-21-22(17-12)5-9-10(20-24-19-9)11(18-23)15-6-2-3-8(14)7(13)4-6/h2-4,23H,5H2,1H3,(H,15,18). The van der Waals surface area contributed by atoms with E-state index in [0.717, 1.165) is 0 Å². The molecule has 0 bridgehead atoms. The van der Waals surface area contributed by atoms with Crippen molar-refractivity contribution >= 4 is 34.9 Å². The predicted molar refractivity (Wildman–Crippen MR) is 86.4 cm³/mol. The molecule has 0 aliphatic carbocycles. The van der Waals surface area contributed by atoms with E-state index in [-0.39, 0.29) is 23.1 Å². The summed E-state index contributed by atoms with van der Waals surface area (Å²) in [6.07, 6.45) is 1.82. The summed E-state index contributed by atoms with van der Waals surface area (Å²) in [6, 6.07) is 3.92. The van der Waals surface area contributed by atoms with Gasteiger partial charge in [-0.05, 0) is 34.8 Å². The number of amidine groups is 1. The van der Waals surface area contributed by atoms with Crippen molar-refractivity contribution in [2.45, 2.75) is 11.7 Å². The van der Waals surface area contributed by atoms with Gasteiger partial charge in [0.1, 0.15) is 18.1 Å². The lowest BCUT2D eigenvalue weighted by Gasteiger charge is -2.07. The van der Waals surface area contributed by atoms with E-state index in [9.17, 15) is 9.60 Å². The van der Waals surface area contributed by atoms with Crippen LogP contribution in [0.4, 0.5) is 10.1 Å². The average Bonchev–Trinajstić information content (AvgIpc) is 3.25. The van der Waals surface area contributed by atoms with Crippen molar-refractivity contribution in [3.8, 4) is 0 Å². The first-order valence-corrected chi connectivity index (χ1v) is 8.28. The summed E-state index contributed by atoms with van der Waals surface area (Å²) in [7, 11) is 0. The summed E-state index contributed by atoms with van der Waals surface area (Å²) >= 11 is 7.06. The molecule has 0 saturated heterocycles. The van der Waals surface area contributed by atoms with Crippen molar-refractivity contribution in [2.24, 2.45) is 5.16 Å². The molecule has 0 radical (unpaired) electrons. The minimum Gasteiger partial charge on any atom is -0.409 e. The number of rotatable bonds is 5. The third kappa shape index (κ3) is 3.85. The van der Waals surface area contributed by atoms with Crippen molar-refractivity contribution in [1.29, 1.82) is 0 Å². The number of benzene rings is 1. The lowest BCUT2D eigenvalue weighted by molar-refractivity contribution is 0.299. The molecule has 0 spiro atoms. The third-order valence-corrected chi connectivity index (χ3v) is 3.79. The van der Waals surface area contributed by atoms with Gasteiger partial charge in [-0.25, -0.2) is 9.02 Å². The molecule has 130 valence electrons. The van der Waals surface area contributed by atoms with Gasteiger partial charge in [0.2, 0.25) is 11.0 Å². The smallest absolute Gasteiger partial charge is 0.230 e. The highest BCUT2D eigenvalue weighted by molar-refractivity contribution is 7.98. The van der Waals surface area contributed by atoms with Crippen LogP contribution in [0.5, 0.6) is 0 Å². The zero-order chi connectivity index (χ0) is 17.8. The molecular weight excluding hydrogens is 375 g/mol. The second kappa shape index (κ2) is 7.44. The van der Waals surface area contributed by atoms with E-state index in [4.69, 9.17) is 16.2 Å². The van der Waals surface area contributed by atoms with Gasteiger partial charge in [-0.2, -0.15) is 4.80 Å². The van der Waals surface area contributed by atoms with Crippen LogP contribution in [-0.2, 0) is 6.54 Å². The van der Waals surface area contributed by atoms with Crippen LogP contribution in [0.1, 0.15) is 11.4 Å². The van der Waals surface area contributed by atoms with Crippen LogP contribution in [0.25, 0.3) is 0 Å². The first-order valence-electron chi connectivity index (χ1n) is 6.68. The number of oxime groups is 1.